The van der Waals surface area contributed by atoms with Crippen molar-refractivity contribution < 1.29 is 23.9 Å². The minimum Gasteiger partial charge on any atom is -0.423 e. The van der Waals surface area contributed by atoms with E-state index in [1.165, 1.54) is 24.4 Å². The lowest BCUT2D eigenvalue weighted by atomic mass is 10.0. The molecule has 1 N–H and O–H groups in total. The number of ether oxygens (including phenoxy) is 2. The highest BCUT2D eigenvalue weighted by Crippen LogP contribution is 2.22. The van der Waals surface area contributed by atoms with E-state index >= 15 is 0 Å². The summed E-state index contributed by atoms with van der Waals surface area (Å²) in [4.78, 5) is 37.8. The Morgan fingerprint density at radius 2 is 1.16 bits per heavy atom. The first-order chi connectivity index (χ1) is 21.1. The zero-order valence-corrected chi connectivity index (χ0v) is 22.9. The lowest BCUT2D eigenvalue weighted by Gasteiger charge is -2.07. The Morgan fingerprint density at radius 1 is 0.581 bits per heavy atom. The van der Waals surface area contributed by atoms with Gasteiger partial charge in [-0.3, -0.25) is 4.79 Å². The molecule has 0 aliphatic heterocycles. The van der Waals surface area contributed by atoms with Crippen LogP contribution in [0.15, 0.2) is 139 Å². The van der Waals surface area contributed by atoms with Gasteiger partial charge in [-0.05, 0) is 52.8 Å². The number of amides is 1. The molecule has 0 atom stereocenters. The molecule has 0 aliphatic rings. The van der Waals surface area contributed by atoms with Crippen molar-refractivity contribution >= 4 is 47.0 Å². The van der Waals surface area contributed by atoms with E-state index in [1.54, 1.807) is 60.7 Å². The van der Waals surface area contributed by atoms with Crippen molar-refractivity contribution in [3.63, 3.8) is 0 Å². The van der Waals surface area contributed by atoms with Crippen molar-refractivity contribution in [3.05, 3.63) is 156 Å². The lowest BCUT2D eigenvalue weighted by Crippen LogP contribution is -2.18. The largest absolute Gasteiger partial charge is 0.423 e. The van der Waals surface area contributed by atoms with Crippen molar-refractivity contribution in [1.29, 1.82) is 0 Å². The topological polar surface area (TPSA) is 94.1 Å². The molecule has 0 saturated carbocycles. The molecule has 0 aromatic heterocycles. The first kappa shape index (κ1) is 28.4. The third kappa shape index (κ3) is 7.77. The van der Waals surface area contributed by atoms with E-state index in [0.29, 0.717) is 22.4 Å². The molecule has 7 heteroatoms. The molecule has 5 aromatic carbocycles. The maximum absolute atomic E-state index is 12.8. The van der Waals surface area contributed by atoms with Crippen LogP contribution in [-0.4, -0.2) is 24.1 Å². The summed E-state index contributed by atoms with van der Waals surface area (Å²) in [6.07, 6.45) is 7.16. The third-order valence-electron chi connectivity index (χ3n) is 6.27. The summed E-state index contributed by atoms with van der Waals surface area (Å²) >= 11 is 0. The van der Waals surface area contributed by atoms with Crippen LogP contribution in [0.3, 0.4) is 0 Å². The lowest BCUT2D eigenvalue weighted by molar-refractivity contribution is -0.129. The number of nitrogens with zero attached hydrogens (tertiary/aromatic N) is 1. The number of nitrogens with one attached hydrogen (secondary N) is 1. The van der Waals surface area contributed by atoms with Gasteiger partial charge in [-0.15, -0.1) is 0 Å². The fourth-order valence-electron chi connectivity index (χ4n) is 4.21. The molecule has 0 spiro atoms. The molecule has 43 heavy (non-hydrogen) atoms. The molecule has 5 aromatic rings. The number of fused-ring (bicyclic) bond motifs is 1. The Bertz CT molecular complexity index is 1850. The standard InChI is InChI=1S/C36H26N2O5/c39-34(23-21-26-11-2-1-3-12-26)42-32-19-8-5-14-28(32)22-24-35(40)43-33-20-9-6-15-29(33)25-37-38-36(41)31-18-10-16-27-13-4-7-17-30(27)31/h1-25H,(H,38,41)/b23-21+,24-22+,37-25+. The molecule has 0 aliphatic carbocycles. The molecular weight excluding hydrogens is 540 g/mol. The van der Waals surface area contributed by atoms with Crippen LogP contribution >= 0.6 is 0 Å². The fourth-order valence-corrected chi connectivity index (χ4v) is 4.21. The number of rotatable bonds is 9. The van der Waals surface area contributed by atoms with Crippen LogP contribution in [-0.2, 0) is 9.59 Å². The monoisotopic (exact) mass is 566 g/mol. The average Bonchev–Trinajstić information content (AvgIpc) is 3.04. The molecule has 0 unspecified atom stereocenters. The summed E-state index contributed by atoms with van der Waals surface area (Å²) in [6, 6.07) is 36.1. The molecule has 0 fully saturated rings. The zero-order valence-electron chi connectivity index (χ0n) is 22.9. The van der Waals surface area contributed by atoms with Crippen molar-refractivity contribution in [2.75, 3.05) is 0 Å². The number of esters is 2. The summed E-state index contributed by atoms with van der Waals surface area (Å²) in [7, 11) is 0. The number of hydrogen-bond donors (Lipinski definition) is 1. The summed E-state index contributed by atoms with van der Waals surface area (Å²) < 4.78 is 11.0. The maximum Gasteiger partial charge on any atom is 0.336 e. The van der Waals surface area contributed by atoms with Gasteiger partial charge in [-0.2, -0.15) is 5.10 Å². The van der Waals surface area contributed by atoms with Gasteiger partial charge in [0.1, 0.15) is 11.5 Å². The van der Waals surface area contributed by atoms with Crippen LogP contribution in [0.5, 0.6) is 11.5 Å². The predicted molar refractivity (Wildman–Crippen MR) is 168 cm³/mol. The van der Waals surface area contributed by atoms with Crippen LogP contribution < -0.4 is 14.9 Å². The van der Waals surface area contributed by atoms with Gasteiger partial charge < -0.3 is 9.47 Å². The highest BCUT2D eigenvalue weighted by atomic mass is 16.5. The van der Waals surface area contributed by atoms with Gasteiger partial charge in [0.25, 0.3) is 5.91 Å². The second-order valence-corrected chi connectivity index (χ2v) is 9.22. The highest BCUT2D eigenvalue weighted by Gasteiger charge is 2.10. The van der Waals surface area contributed by atoms with Gasteiger partial charge in [-0.1, -0.05) is 97.1 Å². The van der Waals surface area contributed by atoms with Gasteiger partial charge >= 0.3 is 11.9 Å². The van der Waals surface area contributed by atoms with Crippen LogP contribution in [0.1, 0.15) is 27.0 Å². The molecule has 7 nitrogen and oxygen atoms in total. The van der Waals surface area contributed by atoms with Crippen molar-refractivity contribution in [2.45, 2.75) is 0 Å². The second kappa shape index (κ2) is 14.0. The van der Waals surface area contributed by atoms with E-state index in [9.17, 15) is 14.4 Å². The second-order valence-electron chi connectivity index (χ2n) is 9.22. The molecular formula is C36H26N2O5. The molecule has 0 radical (unpaired) electrons. The van der Waals surface area contributed by atoms with Gasteiger partial charge in [0, 0.05) is 28.8 Å². The van der Waals surface area contributed by atoms with E-state index in [0.717, 1.165) is 16.3 Å². The Labute approximate surface area is 248 Å². The summed E-state index contributed by atoms with van der Waals surface area (Å²) in [5, 5.41) is 5.84. The number of benzene rings is 5. The van der Waals surface area contributed by atoms with Crippen LogP contribution in [0, 0.1) is 0 Å². The first-order valence-corrected chi connectivity index (χ1v) is 13.4. The zero-order chi connectivity index (χ0) is 29.9. The van der Waals surface area contributed by atoms with E-state index in [4.69, 9.17) is 9.47 Å². The number of carbonyl (C=O) groups is 3. The number of para-hydroxylation sites is 2. The van der Waals surface area contributed by atoms with Gasteiger partial charge in [0.2, 0.25) is 0 Å². The smallest absolute Gasteiger partial charge is 0.336 e. The Morgan fingerprint density at radius 3 is 1.93 bits per heavy atom. The van der Waals surface area contributed by atoms with E-state index in [-0.39, 0.29) is 11.7 Å². The number of hydrogen-bond acceptors (Lipinski definition) is 6. The Balaban J connectivity index is 1.22. The Kier molecular flexibility index (Phi) is 9.27. The first-order valence-electron chi connectivity index (χ1n) is 13.4. The average molecular weight is 567 g/mol. The van der Waals surface area contributed by atoms with Crippen LogP contribution in [0.2, 0.25) is 0 Å². The summed E-state index contributed by atoms with van der Waals surface area (Å²) in [5.41, 5.74) is 4.91. The highest BCUT2D eigenvalue weighted by molar-refractivity contribution is 6.07. The van der Waals surface area contributed by atoms with Gasteiger partial charge in [0.05, 0.1) is 6.21 Å². The quantitative estimate of drug-likeness (QED) is 0.0693. The fraction of sp³-hybridized carbons (Fsp3) is 0. The molecule has 5 rings (SSSR count). The summed E-state index contributed by atoms with van der Waals surface area (Å²) in [6.45, 7) is 0. The predicted octanol–water partition coefficient (Wildman–Crippen LogP) is 6.84. The van der Waals surface area contributed by atoms with Gasteiger partial charge in [0.15, 0.2) is 0 Å². The normalized spacial score (nSPS) is 11.3. The molecule has 1 amide bonds. The molecule has 0 heterocycles. The molecule has 210 valence electrons. The van der Waals surface area contributed by atoms with Crippen molar-refractivity contribution in [3.8, 4) is 11.5 Å². The molecule has 0 saturated heterocycles. The van der Waals surface area contributed by atoms with Crippen molar-refractivity contribution in [2.24, 2.45) is 5.10 Å². The van der Waals surface area contributed by atoms with Crippen LogP contribution in [0.4, 0.5) is 0 Å². The van der Waals surface area contributed by atoms with E-state index in [1.807, 2.05) is 66.7 Å². The maximum atomic E-state index is 12.8. The van der Waals surface area contributed by atoms with Crippen molar-refractivity contribution in [1.82, 2.24) is 5.43 Å². The van der Waals surface area contributed by atoms with Gasteiger partial charge in [-0.25, -0.2) is 15.0 Å². The minimum atomic E-state index is -0.647. The number of carbonyl (C=O) groups excluding carboxylic acids is 3. The SMILES string of the molecule is O=C(/C=C/c1ccccc1)Oc1ccccc1/C=C/C(=O)Oc1ccccc1/C=N/NC(=O)c1cccc2ccccc12. The minimum absolute atomic E-state index is 0.256. The van der Waals surface area contributed by atoms with Crippen LogP contribution in [0.25, 0.3) is 22.9 Å². The van der Waals surface area contributed by atoms with E-state index in [2.05, 4.69) is 10.5 Å². The molecule has 0 bridgehead atoms. The number of hydrazone groups is 1. The van der Waals surface area contributed by atoms with E-state index < -0.39 is 11.9 Å². The summed E-state index contributed by atoms with van der Waals surface area (Å²) in [5.74, 6) is -1.01. The third-order valence-corrected chi connectivity index (χ3v) is 6.27. The Hall–Kier alpha value is -6.08.